The molecule has 0 amide bonds. The van der Waals surface area contributed by atoms with Crippen molar-refractivity contribution in [3.8, 4) is 0 Å². The van der Waals surface area contributed by atoms with Gasteiger partial charge in [0.25, 0.3) is 0 Å². The third-order valence-electron chi connectivity index (χ3n) is 2.33. The van der Waals surface area contributed by atoms with Crippen LogP contribution in [0.3, 0.4) is 0 Å². The van der Waals surface area contributed by atoms with Crippen LogP contribution in [0.25, 0.3) is 0 Å². The molecule has 1 saturated heterocycles. The predicted octanol–water partition coefficient (Wildman–Crippen LogP) is 3.06. The van der Waals surface area contributed by atoms with E-state index in [-0.39, 0.29) is 0 Å². The first-order valence-corrected chi connectivity index (χ1v) is 9.57. The van der Waals surface area contributed by atoms with Crippen molar-refractivity contribution >= 4 is 19.6 Å². The van der Waals surface area contributed by atoms with Gasteiger partial charge in [-0.2, -0.15) is 0 Å². The van der Waals surface area contributed by atoms with E-state index in [0.717, 1.165) is 0 Å². The van der Waals surface area contributed by atoms with Gasteiger partial charge < -0.3 is 0 Å². The molecule has 1 aromatic carbocycles. The van der Waals surface area contributed by atoms with Crippen LogP contribution in [0, 0.1) is 0 Å². The van der Waals surface area contributed by atoms with Crippen molar-refractivity contribution < 1.29 is 0 Å². The zero-order valence-electron chi connectivity index (χ0n) is 7.33. The molecule has 0 radical (unpaired) electrons. The predicted molar refractivity (Wildman–Crippen MR) is 54.7 cm³/mol. The van der Waals surface area contributed by atoms with E-state index in [1.54, 1.807) is 14.5 Å². The summed E-state index contributed by atoms with van der Waals surface area (Å²) in [4.78, 5) is 0. The SMILES string of the molecule is c1ccc(C[Te+]2CCCC2)cc1. The summed E-state index contributed by atoms with van der Waals surface area (Å²) in [6.07, 6.45) is 3.06. The summed E-state index contributed by atoms with van der Waals surface area (Å²) >= 11 is -0.596. The monoisotopic (exact) mass is 277 g/mol. The second-order valence-electron chi connectivity index (χ2n) is 3.36. The molecule has 2 rings (SSSR count). The van der Waals surface area contributed by atoms with Gasteiger partial charge in [0.05, 0.1) is 0 Å². The summed E-state index contributed by atoms with van der Waals surface area (Å²) in [7, 11) is 0. The normalized spacial score (nSPS) is 18.3. The van der Waals surface area contributed by atoms with Crippen LogP contribution in [0.4, 0.5) is 0 Å². The van der Waals surface area contributed by atoms with Crippen LogP contribution in [-0.4, -0.2) is 19.6 Å². The van der Waals surface area contributed by atoms with Crippen LogP contribution in [-0.2, 0) is 4.47 Å². The molecular formula is C11H15Te+. The first-order valence-electron chi connectivity index (χ1n) is 4.63. The van der Waals surface area contributed by atoms with Gasteiger partial charge in [-0.3, -0.25) is 0 Å². The van der Waals surface area contributed by atoms with E-state index in [9.17, 15) is 0 Å². The molecule has 0 N–H and O–H groups in total. The van der Waals surface area contributed by atoms with Crippen LogP contribution >= 0.6 is 0 Å². The third-order valence-corrected chi connectivity index (χ3v) is 9.39. The average Bonchev–Trinajstić information content (AvgIpc) is 2.59. The maximum atomic E-state index is 2.29. The Kier molecular flexibility index (Phi) is 3.08. The van der Waals surface area contributed by atoms with Gasteiger partial charge in [0, 0.05) is 0 Å². The van der Waals surface area contributed by atoms with Crippen molar-refractivity contribution in [3.63, 3.8) is 0 Å². The summed E-state index contributed by atoms with van der Waals surface area (Å²) in [5.74, 6) is 0. The molecule has 0 bridgehead atoms. The van der Waals surface area contributed by atoms with Crippen molar-refractivity contribution in [3.05, 3.63) is 35.9 Å². The van der Waals surface area contributed by atoms with Gasteiger partial charge in [0.2, 0.25) is 0 Å². The number of hydrogen-bond acceptors (Lipinski definition) is 0. The molecule has 64 valence electrons. The molecule has 1 fully saturated rings. The van der Waals surface area contributed by atoms with E-state index >= 15 is 0 Å². The number of hydrogen-bond donors (Lipinski definition) is 0. The van der Waals surface area contributed by atoms with Crippen molar-refractivity contribution in [2.45, 2.75) is 26.2 Å². The van der Waals surface area contributed by atoms with Gasteiger partial charge in [-0.15, -0.1) is 0 Å². The summed E-state index contributed by atoms with van der Waals surface area (Å²) in [5.41, 5.74) is 1.59. The first kappa shape index (κ1) is 8.60. The van der Waals surface area contributed by atoms with E-state index in [1.807, 2.05) is 0 Å². The minimum absolute atomic E-state index is 0.596. The maximum absolute atomic E-state index is 2.29. The standard InChI is InChI=1S/C11H15Te/c1-2-6-11(7-3-1)10-12-8-4-5-9-12/h1-3,6-7H,4-5,8-10H2/q+1. The van der Waals surface area contributed by atoms with Gasteiger partial charge in [-0.1, -0.05) is 0 Å². The molecule has 1 aliphatic heterocycles. The van der Waals surface area contributed by atoms with Crippen molar-refractivity contribution in [1.82, 2.24) is 0 Å². The van der Waals surface area contributed by atoms with Crippen molar-refractivity contribution in [2.24, 2.45) is 0 Å². The fraction of sp³-hybridized carbons (Fsp3) is 0.455. The summed E-state index contributed by atoms with van der Waals surface area (Å²) in [6.45, 7) is 0. The second kappa shape index (κ2) is 4.30. The van der Waals surface area contributed by atoms with Gasteiger partial charge in [0.1, 0.15) is 0 Å². The fourth-order valence-corrected chi connectivity index (χ4v) is 8.47. The van der Waals surface area contributed by atoms with Crippen molar-refractivity contribution in [2.75, 3.05) is 0 Å². The molecular weight excluding hydrogens is 260 g/mol. The molecule has 0 spiro atoms. The number of rotatable bonds is 2. The molecule has 1 heteroatoms. The Morgan fingerprint density at radius 1 is 1.00 bits per heavy atom. The molecule has 0 atom stereocenters. The second-order valence-corrected chi connectivity index (χ2v) is 10.0. The Morgan fingerprint density at radius 3 is 2.33 bits per heavy atom. The van der Waals surface area contributed by atoms with Crippen LogP contribution in [0.15, 0.2) is 30.3 Å². The van der Waals surface area contributed by atoms with Crippen molar-refractivity contribution in [1.29, 1.82) is 0 Å². The Morgan fingerprint density at radius 2 is 1.67 bits per heavy atom. The Bertz CT molecular complexity index is 224. The first-order chi connectivity index (χ1) is 5.95. The van der Waals surface area contributed by atoms with E-state index in [2.05, 4.69) is 30.3 Å². The molecule has 0 nitrogen and oxygen atoms in total. The van der Waals surface area contributed by atoms with E-state index in [1.165, 1.54) is 17.3 Å². The molecule has 0 aromatic heterocycles. The van der Waals surface area contributed by atoms with Gasteiger partial charge in [-0.25, -0.2) is 0 Å². The van der Waals surface area contributed by atoms with E-state index in [4.69, 9.17) is 0 Å². The summed E-state index contributed by atoms with van der Waals surface area (Å²) in [6, 6.07) is 11.0. The molecule has 0 saturated carbocycles. The van der Waals surface area contributed by atoms with Crippen LogP contribution in [0.2, 0.25) is 8.94 Å². The van der Waals surface area contributed by atoms with Gasteiger partial charge in [-0.05, 0) is 0 Å². The fourth-order valence-electron chi connectivity index (χ4n) is 1.67. The molecule has 12 heavy (non-hydrogen) atoms. The Labute approximate surface area is 81.6 Å². The topological polar surface area (TPSA) is 0 Å². The van der Waals surface area contributed by atoms with Gasteiger partial charge in [0.15, 0.2) is 0 Å². The zero-order chi connectivity index (χ0) is 8.23. The quantitative estimate of drug-likeness (QED) is 0.727. The van der Waals surface area contributed by atoms with E-state index < -0.39 is 19.6 Å². The van der Waals surface area contributed by atoms with Crippen LogP contribution in [0.5, 0.6) is 0 Å². The third kappa shape index (κ3) is 2.25. The molecule has 1 aromatic rings. The van der Waals surface area contributed by atoms with Crippen LogP contribution in [0.1, 0.15) is 18.4 Å². The molecule has 0 unspecified atom stereocenters. The molecule has 0 aliphatic carbocycles. The average molecular weight is 275 g/mol. The zero-order valence-corrected chi connectivity index (χ0v) is 9.66. The van der Waals surface area contributed by atoms with Gasteiger partial charge >= 0.3 is 81.7 Å². The van der Waals surface area contributed by atoms with Crippen LogP contribution < -0.4 is 0 Å². The molecule has 1 aliphatic rings. The summed E-state index contributed by atoms with van der Waals surface area (Å²) in [5, 5.41) is 0. The summed E-state index contributed by atoms with van der Waals surface area (Å²) < 4.78 is 4.72. The molecule has 1 heterocycles. The Hall–Kier alpha value is 0.00961. The van der Waals surface area contributed by atoms with E-state index in [0.29, 0.717) is 0 Å². The minimum atomic E-state index is -0.596. The Balaban J connectivity index is 1.94. The number of benzene rings is 1.